The van der Waals surface area contributed by atoms with Crippen LogP contribution in [-0.2, 0) is 17.7 Å². The second-order valence-electron chi connectivity index (χ2n) is 5.37. The molecule has 4 heteroatoms. The van der Waals surface area contributed by atoms with Crippen molar-refractivity contribution in [3.63, 3.8) is 0 Å². The predicted octanol–water partition coefficient (Wildman–Crippen LogP) is 1.89. The van der Waals surface area contributed by atoms with Crippen LogP contribution in [0.4, 0.5) is 0 Å². The number of Topliss-reactive ketones (excluding diaryl/α,β-unsaturated/α-hetero) is 1. The number of methoxy groups -OCH3 is 1. The first kappa shape index (κ1) is 14.3. The smallest absolute Gasteiger partial charge is 0.164 e. The summed E-state index contributed by atoms with van der Waals surface area (Å²) < 4.78 is 7.40. The van der Waals surface area contributed by atoms with Crippen molar-refractivity contribution in [3.8, 4) is 0 Å². The van der Waals surface area contributed by atoms with Gasteiger partial charge in [0.25, 0.3) is 0 Å². The zero-order chi connectivity index (χ0) is 13.8. The Bertz CT molecular complexity index is 451. The summed E-state index contributed by atoms with van der Waals surface area (Å²) in [7, 11) is 3.83. The number of carbonyl (C=O) groups is 1. The molecular weight excluding hydrogens is 240 g/mol. The minimum Gasteiger partial charge on any atom is -0.383 e. The van der Waals surface area contributed by atoms with E-state index in [0.717, 1.165) is 44.6 Å². The Morgan fingerprint density at radius 2 is 2.16 bits per heavy atom. The molecule has 0 bridgehead atoms. The monoisotopic (exact) mass is 264 g/mol. The van der Waals surface area contributed by atoms with E-state index in [-0.39, 0.29) is 0 Å². The predicted molar refractivity (Wildman–Crippen MR) is 75.8 cm³/mol. The zero-order valence-corrected chi connectivity index (χ0v) is 12.2. The van der Waals surface area contributed by atoms with Gasteiger partial charge in [0.2, 0.25) is 0 Å². The lowest BCUT2D eigenvalue weighted by Gasteiger charge is -2.20. The van der Waals surface area contributed by atoms with Crippen LogP contribution in [0.3, 0.4) is 0 Å². The molecule has 0 atom stereocenters. The fourth-order valence-corrected chi connectivity index (χ4v) is 2.73. The summed E-state index contributed by atoms with van der Waals surface area (Å²) in [6.45, 7) is 5.74. The highest BCUT2D eigenvalue weighted by atomic mass is 16.5. The number of aromatic nitrogens is 1. The second-order valence-corrected chi connectivity index (χ2v) is 5.37. The Morgan fingerprint density at radius 3 is 2.89 bits per heavy atom. The van der Waals surface area contributed by atoms with Gasteiger partial charge in [-0.2, -0.15) is 0 Å². The minimum absolute atomic E-state index is 0.316. The van der Waals surface area contributed by atoms with E-state index in [1.165, 1.54) is 11.4 Å². The van der Waals surface area contributed by atoms with Gasteiger partial charge in [0, 0.05) is 50.1 Å². The van der Waals surface area contributed by atoms with Gasteiger partial charge in [0.1, 0.15) is 0 Å². The first-order valence-corrected chi connectivity index (χ1v) is 7.03. The molecule has 0 aromatic carbocycles. The van der Waals surface area contributed by atoms with Crippen molar-refractivity contribution in [2.75, 3.05) is 33.9 Å². The molecule has 106 valence electrons. The summed E-state index contributed by atoms with van der Waals surface area (Å²) in [6.07, 6.45) is 2.75. The number of fused-ring (bicyclic) bond motifs is 1. The maximum absolute atomic E-state index is 11.9. The Labute approximate surface area is 115 Å². The van der Waals surface area contributed by atoms with Crippen molar-refractivity contribution in [2.45, 2.75) is 32.7 Å². The van der Waals surface area contributed by atoms with E-state index in [0.29, 0.717) is 12.2 Å². The lowest BCUT2D eigenvalue weighted by atomic mass is 9.97. The van der Waals surface area contributed by atoms with E-state index in [2.05, 4.69) is 29.5 Å². The van der Waals surface area contributed by atoms with Crippen LogP contribution in [0.1, 0.15) is 34.6 Å². The lowest BCUT2D eigenvalue weighted by Crippen LogP contribution is -2.27. The minimum atomic E-state index is 0.316. The van der Waals surface area contributed by atoms with Crippen LogP contribution in [0, 0.1) is 6.92 Å². The third-order valence-corrected chi connectivity index (χ3v) is 3.92. The first-order valence-electron chi connectivity index (χ1n) is 7.03. The van der Waals surface area contributed by atoms with Gasteiger partial charge in [0.05, 0.1) is 6.61 Å². The van der Waals surface area contributed by atoms with E-state index < -0.39 is 0 Å². The molecule has 1 aromatic rings. The molecule has 0 radical (unpaired) electrons. The number of likely N-dealkylation sites (N-methyl/N-ethyl adjacent to an activating group) is 1. The number of hydrogen-bond donors (Lipinski definition) is 0. The van der Waals surface area contributed by atoms with Crippen molar-refractivity contribution in [3.05, 3.63) is 23.0 Å². The molecule has 0 aliphatic heterocycles. The molecule has 2 rings (SSSR count). The van der Waals surface area contributed by atoms with Gasteiger partial charge in [-0.1, -0.05) is 0 Å². The highest BCUT2D eigenvalue weighted by molar-refractivity contribution is 5.98. The zero-order valence-electron chi connectivity index (χ0n) is 12.2. The Hall–Kier alpha value is -1.13. The van der Waals surface area contributed by atoms with Crippen LogP contribution in [0.25, 0.3) is 0 Å². The molecule has 4 nitrogen and oxygen atoms in total. The van der Waals surface area contributed by atoms with Gasteiger partial charge in [-0.25, -0.2) is 0 Å². The third-order valence-electron chi connectivity index (χ3n) is 3.92. The van der Waals surface area contributed by atoms with Gasteiger partial charge < -0.3 is 14.2 Å². The number of rotatable bonds is 6. The second kappa shape index (κ2) is 6.35. The van der Waals surface area contributed by atoms with Crippen molar-refractivity contribution in [2.24, 2.45) is 0 Å². The number of nitrogens with zero attached hydrogens (tertiary/aromatic N) is 2. The van der Waals surface area contributed by atoms with Crippen LogP contribution < -0.4 is 0 Å². The number of carbonyl (C=O) groups excluding carboxylic acids is 1. The van der Waals surface area contributed by atoms with Crippen molar-refractivity contribution < 1.29 is 9.53 Å². The molecular formula is C15H24N2O2. The van der Waals surface area contributed by atoms with E-state index in [4.69, 9.17) is 4.74 Å². The first-order chi connectivity index (χ1) is 9.13. The lowest BCUT2D eigenvalue weighted by molar-refractivity contribution is 0.0971. The average Bonchev–Trinajstić information content (AvgIpc) is 2.71. The van der Waals surface area contributed by atoms with E-state index in [1.807, 2.05) is 0 Å². The molecule has 0 unspecified atom stereocenters. The fourth-order valence-electron chi connectivity index (χ4n) is 2.73. The van der Waals surface area contributed by atoms with Crippen molar-refractivity contribution in [1.29, 1.82) is 0 Å². The summed E-state index contributed by atoms with van der Waals surface area (Å²) in [5.41, 5.74) is 3.41. The maximum Gasteiger partial charge on any atom is 0.164 e. The number of aryl methyl sites for hydroxylation is 1. The standard InChI is InChI=1S/C15H24N2O2/c1-12-11-13-14(5-4-6-15(13)18)17(12)8-7-16(2)9-10-19-3/h11H,4-10H2,1-3H3. The number of hydrogen-bond acceptors (Lipinski definition) is 3. The van der Waals surface area contributed by atoms with Gasteiger partial charge in [-0.05, 0) is 32.9 Å². The van der Waals surface area contributed by atoms with Crippen LogP contribution in [-0.4, -0.2) is 49.1 Å². The number of ether oxygens (including phenoxy) is 1. The molecule has 0 N–H and O–H groups in total. The summed E-state index contributed by atoms with van der Waals surface area (Å²) >= 11 is 0. The molecule has 0 amide bonds. The third kappa shape index (κ3) is 3.25. The molecule has 1 heterocycles. The average molecular weight is 264 g/mol. The number of ketones is 1. The van der Waals surface area contributed by atoms with Crippen molar-refractivity contribution in [1.82, 2.24) is 9.47 Å². The highest BCUT2D eigenvalue weighted by Crippen LogP contribution is 2.24. The summed E-state index contributed by atoms with van der Waals surface area (Å²) in [6, 6.07) is 2.06. The Morgan fingerprint density at radius 1 is 1.37 bits per heavy atom. The quantitative estimate of drug-likeness (QED) is 0.787. The van der Waals surface area contributed by atoms with Crippen LogP contribution in [0.15, 0.2) is 6.07 Å². The van der Waals surface area contributed by atoms with E-state index in [1.54, 1.807) is 7.11 Å². The Kier molecular flexibility index (Phi) is 4.77. The molecule has 1 aliphatic carbocycles. The summed E-state index contributed by atoms with van der Waals surface area (Å²) in [4.78, 5) is 14.2. The van der Waals surface area contributed by atoms with Gasteiger partial charge in [-0.3, -0.25) is 4.79 Å². The van der Waals surface area contributed by atoms with E-state index >= 15 is 0 Å². The molecule has 0 fully saturated rings. The topological polar surface area (TPSA) is 34.5 Å². The molecule has 1 aromatic heterocycles. The molecule has 0 saturated heterocycles. The van der Waals surface area contributed by atoms with Crippen LogP contribution in [0.2, 0.25) is 0 Å². The summed E-state index contributed by atoms with van der Waals surface area (Å²) in [5, 5.41) is 0. The largest absolute Gasteiger partial charge is 0.383 e. The van der Waals surface area contributed by atoms with Gasteiger partial charge in [0.15, 0.2) is 5.78 Å². The molecule has 1 aliphatic rings. The van der Waals surface area contributed by atoms with Crippen LogP contribution >= 0.6 is 0 Å². The SMILES string of the molecule is COCCN(C)CCn1c(C)cc2c1CCCC2=O. The molecule has 0 saturated carbocycles. The molecule has 19 heavy (non-hydrogen) atoms. The molecule has 0 spiro atoms. The fraction of sp³-hybridized carbons (Fsp3) is 0.667. The Balaban J connectivity index is 2.02. The van der Waals surface area contributed by atoms with E-state index in [9.17, 15) is 4.79 Å². The normalized spacial score (nSPS) is 15.1. The maximum atomic E-state index is 11.9. The highest BCUT2D eigenvalue weighted by Gasteiger charge is 2.22. The summed E-state index contributed by atoms with van der Waals surface area (Å²) in [5.74, 6) is 0.316. The van der Waals surface area contributed by atoms with Gasteiger partial charge >= 0.3 is 0 Å². The van der Waals surface area contributed by atoms with Gasteiger partial charge in [-0.15, -0.1) is 0 Å². The van der Waals surface area contributed by atoms with Crippen molar-refractivity contribution >= 4 is 5.78 Å². The van der Waals surface area contributed by atoms with Crippen LogP contribution in [0.5, 0.6) is 0 Å².